The minimum Gasteiger partial charge on any atom is -0.461 e. The molecule has 3 saturated heterocycles. The molecule has 0 spiro atoms. The number of aliphatic hydroxyl groups is 1. The Labute approximate surface area is 213 Å². The van der Waals surface area contributed by atoms with E-state index in [1.54, 1.807) is 0 Å². The Hall–Kier alpha value is -1.40. The highest BCUT2D eigenvalue weighted by Gasteiger charge is 2.89. The smallest absolute Gasteiger partial charge is 0.309 e. The van der Waals surface area contributed by atoms with Crippen LogP contribution in [0.4, 0.5) is 0 Å². The minimum atomic E-state index is -0.848. The maximum atomic E-state index is 13.0. The molecule has 0 aromatic rings. The van der Waals surface area contributed by atoms with Gasteiger partial charge in [-0.25, -0.2) is 0 Å². The first kappa shape index (κ1) is 22.6. The zero-order valence-electron chi connectivity index (χ0n) is 22.4. The molecule has 3 aliphatic heterocycles. The van der Waals surface area contributed by atoms with Crippen molar-refractivity contribution in [1.29, 1.82) is 0 Å². The second-order valence-electron chi connectivity index (χ2n) is 14.6. The van der Waals surface area contributed by atoms with Gasteiger partial charge in [-0.2, -0.15) is 0 Å². The summed E-state index contributed by atoms with van der Waals surface area (Å²) in [4.78, 5) is 25.8. The summed E-state index contributed by atoms with van der Waals surface area (Å²) < 4.78 is 19.6. The fraction of sp³-hybridized carbons (Fsp3) is 0.867. The van der Waals surface area contributed by atoms with Crippen LogP contribution in [0.5, 0.6) is 0 Å². The number of hydrogen-bond acceptors (Lipinski definition) is 6. The number of fused-ring (bicyclic) bond motifs is 7. The molecule has 0 aromatic heterocycles. The number of hydrogen-bond donors (Lipinski definition) is 1. The van der Waals surface area contributed by atoms with Crippen molar-refractivity contribution in [3.63, 3.8) is 0 Å². The lowest BCUT2D eigenvalue weighted by molar-refractivity contribution is -0.207. The molecule has 15 atom stereocenters. The number of esters is 2. The second-order valence-corrected chi connectivity index (χ2v) is 14.6. The fourth-order valence-electron chi connectivity index (χ4n) is 12.4. The van der Waals surface area contributed by atoms with Crippen LogP contribution in [0.3, 0.4) is 0 Å². The molecule has 6 heteroatoms. The molecular formula is C30H40O6. The predicted octanol–water partition coefficient (Wildman–Crippen LogP) is 4.04. The van der Waals surface area contributed by atoms with E-state index in [1.807, 2.05) is 13.8 Å². The second kappa shape index (κ2) is 6.25. The average Bonchev–Trinajstić information content (AvgIpc) is 3.51. The van der Waals surface area contributed by atoms with E-state index in [1.165, 1.54) is 11.1 Å². The minimum absolute atomic E-state index is 0.0238. The fourth-order valence-corrected chi connectivity index (χ4v) is 12.4. The first-order chi connectivity index (χ1) is 16.9. The van der Waals surface area contributed by atoms with Crippen LogP contribution in [0.2, 0.25) is 0 Å². The van der Waals surface area contributed by atoms with Gasteiger partial charge in [0.1, 0.15) is 12.2 Å². The highest BCUT2D eigenvalue weighted by Crippen LogP contribution is 2.85. The summed E-state index contributed by atoms with van der Waals surface area (Å²) in [6.45, 7) is 12.9. The van der Waals surface area contributed by atoms with Crippen molar-refractivity contribution in [2.75, 3.05) is 0 Å². The van der Waals surface area contributed by atoms with Crippen molar-refractivity contribution in [3.8, 4) is 0 Å². The van der Waals surface area contributed by atoms with Gasteiger partial charge in [0, 0.05) is 29.1 Å². The molecule has 5 aliphatic carbocycles. The normalized spacial score (nSPS) is 63.9. The Morgan fingerprint density at radius 3 is 2.31 bits per heavy atom. The molecular weight excluding hydrogens is 456 g/mol. The number of allylic oxidation sites excluding steroid dienone is 1. The topological polar surface area (TPSA) is 82.1 Å². The first-order valence-corrected chi connectivity index (χ1v) is 14.4. The summed E-state index contributed by atoms with van der Waals surface area (Å²) in [5, 5.41) is 12.1. The van der Waals surface area contributed by atoms with E-state index >= 15 is 0 Å². The summed E-state index contributed by atoms with van der Waals surface area (Å²) in [6.07, 6.45) is 3.99. The molecule has 1 N–H and O–H groups in total. The Morgan fingerprint density at radius 1 is 0.889 bits per heavy atom. The lowest BCUT2D eigenvalue weighted by atomic mass is 9.55. The van der Waals surface area contributed by atoms with Gasteiger partial charge in [-0.1, -0.05) is 19.4 Å². The predicted molar refractivity (Wildman–Crippen MR) is 129 cm³/mol. The summed E-state index contributed by atoms with van der Waals surface area (Å²) in [5.74, 6) is 1.10. The molecule has 7 fully saturated rings. The summed E-state index contributed by atoms with van der Waals surface area (Å²) in [5.41, 5.74) is 0.769. The Kier molecular flexibility index (Phi) is 3.92. The monoisotopic (exact) mass is 496 g/mol. The van der Waals surface area contributed by atoms with Gasteiger partial charge in [0.2, 0.25) is 0 Å². The molecule has 0 radical (unpaired) electrons. The first-order valence-electron chi connectivity index (χ1n) is 14.4. The highest BCUT2D eigenvalue weighted by atomic mass is 16.6. The average molecular weight is 497 g/mol. The molecule has 0 amide bonds. The number of carbonyl (C=O) groups excluding carboxylic acids is 2. The van der Waals surface area contributed by atoms with E-state index < -0.39 is 5.60 Å². The standard InChI is InChI=1S/C30H40O6/c1-12-15-7-9-27(4,33)21-18(22(15)34-25(12)31)14(3)20-19(21)17-11-29(6)30(20)23(17)28(5,36-29)10-8-16-13(2)26(32)35-24(16)30/h12-13,15-17,19-24,33H,7-11H2,1-6H3/t12-,13?,15-,16-,17+,19-,20-,21-,22-,23-,24-,27-,28-,29-,30-/m0/s1. The quantitative estimate of drug-likeness (QED) is 0.403. The molecule has 8 aliphatic rings. The third-order valence-electron chi connectivity index (χ3n) is 13.3. The largest absolute Gasteiger partial charge is 0.461 e. The van der Waals surface area contributed by atoms with Gasteiger partial charge in [0.05, 0.1) is 28.6 Å². The van der Waals surface area contributed by atoms with Crippen LogP contribution < -0.4 is 0 Å². The number of carbonyl (C=O) groups is 2. The van der Waals surface area contributed by atoms with Crippen molar-refractivity contribution >= 4 is 11.9 Å². The lowest BCUT2D eigenvalue weighted by Crippen LogP contribution is -2.58. The van der Waals surface area contributed by atoms with E-state index in [0.717, 1.165) is 25.7 Å². The van der Waals surface area contributed by atoms with Crippen molar-refractivity contribution in [2.45, 2.75) is 103 Å². The van der Waals surface area contributed by atoms with Crippen LogP contribution in [0.25, 0.3) is 0 Å². The maximum Gasteiger partial charge on any atom is 0.309 e. The Balaban J connectivity index is 1.37. The molecule has 196 valence electrons. The van der Waals surface area contributed by atoms with Crippen molar-refractivity contribution in [3.05, 3.63) is 11.1 Å². The molecule has 36 heavy (non-hydrogen) atoms. The molecule has 5 bridgehead atoms. The van der Waals surface area contributed by atoms with Gasteiger partial charge in [0.25, 0.3) is 0 Å². The van der Waals surface area contributed by atoms with E-state index in [9.17, 15) is 14.7 Å². The third-order valence-corrected chi connectivity index (χ3v) is 13.3. The molecule has 1 unspecified atom stereocenters. The SMILES string of the molecule is CC1=C2[C@H]3OC(=O)[C@@H](C)[C@@H]3CC[C@](C)(O)[C@@H]2[C@H]2[C@H]3C[C@]4(C)O[C@@]5(C)CC[C@H]6C(C)C(=O)O[C@@H]6[C@@]4([C@@H]35)[C@@H]12. The Morgan fingerprint density at radius 2 is 1.56 bits per heavy atom. The van der Waals surface area contributed by atoms with Gasteiger partial charge < -0.3 is 19.3 Å². The van der Waals surface area contributed by atoms with Gasteiger partial charge in [-0.3, -0.25) is 9.59 Å². The van der Waals surface area contributed by atoms with Crippen LogP contribution in [-0.4, -0.2) is 46.1 Å². The molecule has 6 nitrogen and oxygen atoms in total. The van der Waals surface area contributed by atoms with Crippen LogP contribution in [0, 0.1) is 58.7 Å². The lowest BCUT2D eigenvalue weighted by Gasteiger charge is -2.53. The van der Waals surface area contributed by atoms with Gasteiger partial charge >= 0.3 is 11.9 Å². The van der Waals surface area contributed by atoms with Crippen molar-refractivity contribution in [2.24, 2.45) is 58.7 Å². The maximum absolute atomic E-state index is 13.0. The van der Waals surface area contributed by atoms with Crippen LogP contribution >= 0.6 is 0 Å². The van der Waals surface area contributed by atoms with Crippen LogP contribution in [-0.2, 0) is 23.8 Å². The molecule has 8 rings (SSSR count). The summed E-state index contributed by atoms with van der Waals surface area (Å²) in [7, 11) is 0. The van der Waals surface area contributed by atoms with E-state index in [2.05, 4.69) is 27.7 Å². The van der Waals surface area contributed by atoms with Gasteiger partial charge in [0.15, 0.2) is 0 Å². The molecule has 0 aromatic carbocycles. The number of rotatable bonds is 0. The zero-order valence-corrected chi connectivity index (χ0v) is 22.4. The molecule has 3 heterocycles. The van der Waals surface area contributed by atoms with E-state index in [-0.39, 0.29) is 82.2 Å². The van der Waals surface area contributed by atoms with Gasteiger partial charge in [-0.15, -0.1) is 0 Å². The Bertz CT molecular complexity index is 1140. The van der Waals surface area contributed by atoms with Gasteiger partial charge in [-0.05, 0) is 83.1 Å². The van der Waals surface area contributed by atoms with Crippen LogP contribution in [0.15, 0.2) is 11.1 Å². The van der Waals surface area contributed by atoms with Crippen molar-refractivity contribution < 1.29 is 28.9 Å². The highest BCUT2D eigenvalue weighted by molar-refractivity contribution is 5.76. The summed E-state index contributed by atoms with van der Waals surface area (Å²) in [6, 6.07) is 0. The van der Waals surface area contributed by atoms with Crippen molar-refractivity contribution in [1.82, 2.24) is 0 Å². The summed E-state index contributed by atoms with van der Waals surface area (Å²) >= 11 is 0. The van der Waals surface area contributed by atoms with E-state index in [0.29, 0.717) is 18.3 Å². The zero-order chi connectivity index (χ0) is 25.3. The number of ether oxygens (including phenoxy) is 3. The van der Waals surface area contributed by atoms with Crippen LogP contribution in [0.1, 0.15) is 73.6 Å². The molecule has 4 saturated carbocycles. The third kappa shape index (κ3) is 2.10. The van der Waals surface area contributed by atoms with E-state index in [4.69, 9.17) is 14.2 Å².